The van der Waals surface area contributed by atoms with Gasteiger partial charge in [0.05, 0.1) is 5.92 Å². The van der Waals surface area contributed by atoms with E-state index in [4.69, 9.17) is 0 Å². The fourth-order valence-corrected chi connectivity index (χ4v) is 3.92. The van der Waals surface area contributed by atoms with Crippen LogP contribution >= 0.6 is 0 Å². The standard InChI is InChI=1S/C20H27FN2O2/c21-18-7-5-16(6-8-18)3-1-11-22-13-9-19(10-14-22)23-12-2-4-17(15-23)20(24)25/h1,3,5-8,17,19H,2,4,9-15H2,(H,24,25)/b3-1+. The van der Waals surface area contributed by atoms with Gasteiger partial charge in [-0.15, -0.1) is 0 Å². The molecule has 1 aromatic carbocycles. The number of benzene rings is 1. The Morgan fingerprint density at radius 1 is 1.16 bits per heavy atom. The van der Waals surface area contributed by atoms with Crippen molar-refractivity contribution in [2.45, 2.75) is 31.7 Å². The van der Waals surface area contributed by atoms with Gasteiger partial charge in [-0.25, -0.2) is 4.39 Å². The maximum Gasteiger partial charge on any atom is 0.307 e. The number of carbonyl (C=O) groups is 1. The molecule has 4 nitrogen and oxygen atoms in total. The zero-order chi connectivity index (χ0) is 17.6. The Labute approximate surface area is 148 Å². The number of carboxylic acid groups (broad SMARTS) is 1. The van der Waals surface area contributed by atoms with Gasteiger partial charge in [0, 0.05) is 19.1 Å². The fraction of sp³-hybridized carbons (Fsp3) is 0.550. The summed E-state index contributed by atoms with van der Waals surface area (Å²) in [4.78, 5) is 16.0. The van der Waals surface area contributed by atoms with Crippen LogP contribution in [0.25, 0.3) is 6.08 Å². The number of hydrogen-bond donors (Lipinski definition) is 1. The number of hydrogen-bond acceptors (Lipinski definition) is 3. The van der Waals surface area contributed by atoms with Crippen molar-refractivity contribution in [2.24, 2.45) is 5.92 Å². The van der Waals surface area contributed by atoms with Gasteiger partial charge in [-0.3, -0.25) is 14.6 Å². The van der Waals surface area contributed by atoms with E-state index in [1.54, 1.807) is 12.1 Å². The van der Waals surface area contributed by atoms with Crippen molar-refractivity contribution >= 4 is 12.0 Å². The molecule has 25 heavy (non-hydrogen) atoms. The van der Waals surface area contributed by atoms with Crippen molar-refractivity contribution in [1.82, 2.24) is 9.80 Å². The van der Waals surface area contributed by atoms with Gasteiger partial charge in [-0.05, 0) is 63.0 Å². The normalized spacial score (nSPS) is 24.0. The molecule has 2 aliphatic heterocycles. The van der Waals surface area contributed by atoms with Crippen LogP contribution < -0.4 is 0 Å². The first-order valence-electron chi connectivity index (χ1n) is 9.23. The topological polar surface area (TPSA) is 43.8 Å². The summed E-state index contributed by atoms with van der Waals surface area (Å²) >= 11 is 0. The van der Waals surface area contributed by atoms with Crippen LogP contribution in [0, 0.1) is 11.7 Å². The molecule has 0 bridgehead atoms. The Bertz CT molecular complexity index is 594. The van der Waals surface area contributed by atoms with Crippen LogP contribution in [-0.2, 0) is 4.79 Å². The third kappa shape index (κ3) is 5.13. The second-order valence-corrected chi connectivity index (χ2v) is 7.16. The van der Waals surface area contributed by atoms with Gasteiger partial charge in [-0.2, -0.15) is 0 Å². The Balaban J connectivity index is 1.42. The smallest absolute Gasteiger partial charge is 0.307 e. The Morgan fingerprint density at radius 2 is 1.88 bits per heavy atom. The lowest BCUT2D eigenvalue weighted by Crippen LogP contribution is -2.49. The van der Waals surface area contributed by atoms with Crippen LogP contribution in [0.3, 0.4) is 0 Å². The van der Waals surface area contributed by atoms with E-state index in [9.17, 15) is 14.3 Å². The highest BCUT2D eigenvalue weighted by molar-refractivity contribution is 5.70. The highest BCUT2D eigenvalue weighted by atomic mass is 19.1. The van der Waals surface area contributed by atoms with Gasteiger partial charge >= 0.3 is 5.97 Å². The van der Waals surface area contributed by atoms with Crippen LogP contribution in [0.15, 0.2) is 30.3 Å². The fourth-order valence-electron chi connectivity index (χ4n) is 3.92. The number of piperidine rings is 2. The maximum atomic E-state index is 12.9. The highest BCUT2D eigenvalue weighted by Crippen LogP contribution is 2.24. The van der Waals surface area contributed by atoms with E-state index >= 15 is 0 Å². The van der Waals surface area contributed by atoms with E-state index in [1.165, 1.54) is 12.1 Å². The predicted molar refractivity (Wildman–Crippen MR) is 96.8 cm³/mol. The molecule has 0 aliphatic carbocycles. The average molecular weight is 346 g/mol. The van der Waals surface area contributed by atoms with Crippen molar-refractivity contribution < 1.29 is 14.3 Å². The number of likely N-dealkylation sites (tertiary alicyclic amines) is 2. The van der Waals surface area contributed by atoms with Gasteiger partial charge in [0.2, 0.25) is 0 Å². The summed E-state index contributed by atoms with van der Waals surface area (Å²) in [6.45, 7) is 4.75. The number of nitrogens with zero attached hydrogens (tertiary/aromatic N) is 2. The van der Waals surface area contributed by atoms with Crippen molar-refractivity contribution in [1.29, 1.82) is 0 Å². The number of carboxylic acids is 1. The minimum Gasteiger partial charge on any atom is -0.481 e. The van der Waals surface area contributed by atoms with Crippen LogP contribution in [0.1, 0.15) is 31.2 Å². The molecule has 1 aromatic rings. The summed E-state index contributed by atoms with van der Waals surface area (Å²) in [6.07, 6.45) is 8.20. The molecule has 1 unspecified atom stereocenters. The van der Waals surface area contributed by atoms with Crippen molar-refractivity contribution in [2.75, 3.05) is 32.7 Å². The van der Waals surface area contributed by atoms with E-state index in [1.807, 2.05) is 6.08 Å². The average Bonchev–Trinajstić information content (AvgIpc) is 2.64. The molecule has 2 fully saturated rings. The predicted octanol–water partition coefficient (Wildman–Crippen LogP) is 3.10. The molecule has 5 heteroatoms. The molecule has 0 saturated carbocycles. The summed E-state index contributed by atoms with van der Waals surface area (Å²) in [5.74, 6) is -1.04. The van der Waals surface area contributed by atoms with E-state index < -0.39 is 5.97 Å². The molecule has 3 rings (SSSR count). The van der Waals surface area contributed by atoms with E-state index in [-0.39, 0.29) is 11.7 Å². The third-order valence-corrected chi connectivity index (χ3v) is 5.42. The van der Waals surface area contributed by atoms with Crippen LogP contribution in [0.5, 0.6) is 0 Å². The molecule has 0 aromatic heterocycles. The largest absolute Gasteiger partial charge is 0.481 e. The van der Waals surface area contributed by atoms with Gasteiger partial charge < -0.3 is 5.11 Å². The molecular weight excluding hydrogens is 319 g/mol. The lowest BCUT2D eigenvalue weighted by molar-refractivity contribution is -0.144. The summed E-state index contributed by atoms with van der Waals surface area (Å²) in [5.41, 5.74) is 1.02. The highest BCUT2D eigenvalue weighted by Gasteiger charge is 2.31. The molecule has 1 N–H and O–H groups in total. The van der Waals surface area contributed by atoms with Crippen LogP contribution in [-0.4, -0.2) is 59.6 Å². The quantitative estimate of drug-likeness (QED) is 0.890. The van der Waals surface area contributed by atoms with Gasteiger partial charge in [0.25, 0.3) is 0 Å². The minimum absolute atomic E-state index is 0.189. The molecular formula is C20H27FN2O2. The van der Waals surface area contributed by atoms with Gasteiger partial charge in [0.1, 0.15) is 5.82 Å². The molecule has 136 valence electrons. The number of aliphatic carboxylic acids is 1. The Hall–Kier alpha value is -1.72. The molecule has 2 aliphatic rings. The van der Waals surface area contributed by atoms with E-state index in [0.717, 1.165) is 57.4 Å². The Morgan fingerprint density at radius 3 is 2.56 bits per heavy atom. The van der Waals surface area contributed by atoms with Crippen LogP contribution in [0.2, 0.25) is 0 Å². The summed E-state index contributed by atoms with van der Waals surface area (Å²) in [6, 6.07) is 7.06. The molecule has 0 spiro atoms. The summed E-state index contributed by atoms with van der Waals surface area (Å²) in [5, 5.41) is 9.24. The zero-order valence-electron chi connectivity index (χ0n) is 14.6. The molecule has 0 radical (unpaired) electrons. The Kier molecular flexibility index (Phi) is 6.21. The first-order chi connectivity index (χ1) is 12.1. The summed E-state index contributed by atoms with van der Waals surface area (Å²) < 4.78 is 12.9. The van der Waals surface area contributed by atoms with Crippen LogP contribution in [0.4, 0.5) is 4.39 Å². The van der Waals surface area contributed by atoms with Crippen molar-refractivity contribution in [3.8, 4) is 0 Å². The van der Waals surface area contributed by atoms with Crippen molar-refractivity contribution in [3.05, 3.63) is 41.7 Å². The molecule has 2 heterocycles. The van der Waals surface area contributed by atoms with E-state index in [2.05, 4.69) is 15.9 Å². The molecule has 0 amide bonds. The molecule has 1 atom stereocenters. The number of halogens is 1. The first-order valence-corrected chi connectivity index (χ1v) is 9.23. The lowest BCUT2D eigenvalue weighted by Gasteiger charge is -2.41. The summed E-state index contributed by atoms with van der Waals surface area (Å²) in [7, 11) is 0. The van der Waals surface area contributed by atoms with Gasteiger partial charge in [0.15, 0.2) is 0 Å². The second-order valence-electron chi connectivity index (χ2n) is 7.16. The lowest BCUT2D eigenvalue weighted by atomic mass is 9.94. The van der Waals surface area contributed by atoms with Gasteiger partial charge in [-0.1, -0.05) is 24.3 Å². The minimum atomic E-state index is -0.645. The van der Waals surface area contributed by atoms with Crippen molar-refractivity contribution in [3.63, 3.8) is 0 Å². The zero-order valence-corrected chi connectivity index (χ0v) is 14.6. The second kappa shape index (κ2) is 8.59. The SMILES string of the molecule is O=C(O)C1CCCN(C2CCN(C/C=C/c3ccc(F)cc3)CC2)C1. The first kappa shape index (κ1) is 18.1. The third-order valence-electron chi connectivity index (χ3n) is 5.42. The maximum absolute atomic E-state index is 12.9. The molecule has 2 saturated heterocycles. The number of rotatable bonds is 5. The van der Waals surface area contributed by atoms with E-state index in [0.29, 0.717) is 12.6 Å². The monoisotopic (exact) mass is 346 g/mol.